The number of rotatable bonds is 2. The second-order valence-electron chi connectivity index (χ2n) is 3.79. The number of halogens is 3. The van der Waals surface area contributed by atoms with Gasteiger partial charge in [-0.1, -0.05) is 0 Å². The van der Waals surface area contributed by atoms with Gasteiger partial charge in [-0.05, 0) is 27.4 Å². The third-order valence-corrected chi connectivity index (χ3v) is 4.77. The van der Waals surface area contributed by atoms with E-state index in [-0.39, 0.29) is 12.8 Å². The van der Waals surface area contributed by atoms with Crippen LogP contribution in [0, 0.1) is 0 Å². The molecule has 1 aliphatic rings. The molecule has 1 heterocycles. The second kappa shape index (κ2) is 3.25. The Balaban J connectivity index is 2.29. The summed E-state index contributed by atoms with van der Waals surface area (Å²) in [4.78, 5) is 0.964. The maximum absolute atomic E-state index is 12.9. The summed E-state index contributed by atoms with van der Waals surface area (Å²) in [6, 6.07) is 1.88. The van der Waals surface area contributed by atoms with Crippen LogP contribution in [0.15, 0.2) is 15.9 Å². The van der Waals surface area contributed by atoms with Crippen molar-refractivity contribution in [3.05, 3.63) is 20.8 Å². The van der Waals surface area contributed by atoms with Gasteiger partial charge < -0.3 is 5.73 Å². The highest BCUT2D eigenvalue weighted by molar-refractivity contribution is 9.10. The normalized spacial score (nSPS) is 23.1. The first-order chi connectivity index (χ1) is 6.49. The number of nitrogens with two attached hydrogens (primary N) is 1. The van der Waals surface area contributed by atoms with E-state index in [4.69, 9.17) is 5.73 Å². The largest absolute Gasteiger partial charge is 0.330 e. The van der Waals surface area contributed by atoms with E-state index in [2.05, 4.69) is 15.9 Å². The summed E-state index contributed by atoms with van der Waals surface area (Å²) >= 11 is 4.86. The topological polar surface area (TPSA) is 26.0 Å². The predicted octanol–water partition coefficient (Wildman–Crippen LogP) is 3.14. The van der Waals surface area contributed by atoms with Crippen molar-refractivity contribution in [1.82, 2.24) is 0 Å². The Bertz CT molecular complexity index is 342. The highest BCUT2D eigenvalue weighted by atomic mass is 79.9. The van der Waals surface area contributed by atoms with E-state index < -0.39 is 11.3 Å². The van der Waals surface area contributed by atoms with Crippen LogP contribution in [-0.4, -0.2) is 12.5 Å². The summed E-state index contributed by atoms with van der Waals surface area (Å²) in [5, 5.41) is 1.90. The number of hydrogen-bond donors (Lipinski definition) is 1. The van der Waals surface area contributed by atoms with Crippen LogP contribution < -0.4 is 5.73 Å². The third kappa shape index (κ3) is 1.51. The van der Waals surface area contributed by atoms with E-state index in [0.717, 1.165) is 9.35 Å². The van der Waals surface area contributed by atoms with Gasteiger partial charge in [0.05, 0.1) is 0 Å². The molecule has 0 aliphatic heterocycles. The van der Waals surface area contributed by atoms with Gasteiger partial charge >= 0.3 is 0 Å². The molecule has 1 aromatic heterocycles. The van der Waals surface area contributed by atoms with E-state index in [1.807, 2.05) is 11.4 Å². The maximum atomic E-state index is 12.9. The molecule has 0 radical (unpaired) electrons. The molecule has 2 N–H and O–H groups in total. The number of thiophene rings is 1. The van der Waals surface area contributed by atoms with Crippen molar-refractivity contribution in [3.63, 3.8) is 0 Å². The summed E-state index contributed by atoms with van der Waals surface area (Å²) in [5.41, 5.74) is 5.11. The molecule has 0 saturated heterocycles. The lowest BCUT2D eigenvalue weighted by atomic mass is 9.65. The molecule has 14 heavy (non-hydrogen) atoms. The first-order valence-electron chi connectivity index (χ1n) is 4.30. The zero-order chi connectivity index (χ0) is 10.4. The van der Waals surface area contributed by atoms with Crippen LogP contribution in [0.5, 0.6) is 0 Å². The molecule has 5 heteroatoms. The summed E-state index contributed by atoms with van der Waals surface area (Å²) < 4.78 is 26.7. The van der Waals surface area contributed by atoms with Gasteiger partial charge in [0.15, 0.2) is 0 Å². The van der Waals surface area contributed by atoms with Gasteiger partial charge in [-0.2, -0.15) is 0 Å². The monoisotopic (exact) mass is 281 g/mol. The smallest absolute Gasteiger partial charge is 0.250 e. The van der Waals surface area contributed by atoms with E-state index in [0.29, 0.717) is 6.54 Å². The third-order valence-electron chi connectivity index (χ3n) is 2.68. The Morgan fingerprint density at radius 2 is 2.14 bits per heavy atom. The van der Waals surface area contributed by atoms with Gasteiger partial charge in [0, 0.05) is 34.2 Å². The fraction of sp³-hybridized carbons (Fsp3) is 0.556. The number of alkyl halides is 2. The van der Waals surface area contributed by atoms with Gasteiger partial charge in [0.2, 0.25) is 5.92 Å². The van der Waals surface area contributed by atoms with E-state index in [1.165, 1.54) is 11.3 Å². The minimum atomic E-state index is -2.52. The molecule has 1 nitrogen and oxygen atoms in total. The summed E-state index contributed by atoms with van der Waals surface area (Å²) in [5.74, 6) is -2.52. The van der Waals surface area contributed by atoms with Crippen molar-refractivity contribution >= 4 is 27.3 Å². The van der Waals surface area contributed by atoms with Crippen molar-refractivity contribution in [2.45, 2.75) is 24.2 Å². The summed E-state index contributed by atoms with van der Waals surface area (Å²) in [6.07, 6.45) is -0.231. The van der Waals surface area contributed by atoms with Gasteiger partial charge in [0.25, 0.3) is 0 Å². The minimum absolute atomic E-state index is 0.115. The maximum Gasteiger partial charge on any atom is 0.250 e. The highest BCUT2D eigenvalue weighted by Gasteiger charge is 2.57. The van der Waals surface area contributed by atoms with E-state index in [1.54, 1.807) is 0 Å². The molecule has 0 spiro atoms. The average molecular weight is 282 g/mol. The van der Waals surface area contributed by atoms with Crippen LogP contribution in [0.1, 0.15) is 17.7 Å². The first-order valence-corrected chi connectivity index (χ1v) is 5.98. The first kappa shape index (κ1) is 10.5. The molecule has 0 aromatic carbocycles. The van der Waals surface area contributed by atoms with Crippen LogP contribution in [0.4, 0.5) is 8.78 Å². The van der Waals surface area contributed by atoms with Gasteiger partial charge in [0.1, 0.15) is 0 Å². The van der Waals surface area contributed by atoms with Crippen molar-refractivity contribution in [1.29, 1.82) is 0 Å². The molecule has 1 saturated carbocycles. The van der Waals surface area contributed by atoms with Gasteiger partial charge in [-0.25, -0.2) is 8.78 Å². The quantitative estimate of drug-likeness (QED) is 0.886. The lowest BCUT2D eigenvalue weighted by Gasteiger charge is -2.46. The Morgan fingerprint density at radius 1 is 1.50 bits per heavy atom. The fourth-order valence-electron chi connectivity index (χ4n) is 2.01. The lowest BCUT2D eigenvalue weighted by Crippen LogP contribution is -2.53. The van der Waals surface area contributed by atoms with Gasteiger partial charge in [-0.15, -0.1) is 11.3 Å². The minimum Gasteiger partial charge on any atom is -0.330 e. The summed E-state index contributed by atoms with van der Waals surface area (Å²) in [7, 11) is 0. The van der Waals surface area contributed by atoms with Crippen LogP contribution in [0.25, 0.3) is 0 Å². The molecular formula is C9H10BrF2NS. The molecule has 78 valence electrons. The second-order valence-corrected chi connectivity index (χ2v) is 5.56. The average Bonchev–Trinajstić information content (AvgIpc) is 2.46. The van der Waals surface area contributed by atoms with Crippen molar-refractivity contribution in [3.8, 4) is 0 Å². The Hall–Kier alpha value is -0.0000000000000000555. The molecule has 1 aromatic rings. The van der Waals surface area contributed by atoms with Crippen molar-refractivity contribution < 1.29 is 8.78 Å². The predicted molar refractivity (Wildman–Crippen MR) is 56.9 cm³/mol. The van der Waals surface area contributed by atoms with E-state index in [9.17, 15) is 8.78 Å². The van der Waals surface area contributed by atoms with Crippen molar-refractivity contribution in [2.75, 3.05) is 6.54 Å². The van der Waals surface area contributed by atoms with Gasteiger partial charge in [-0.3, -0.25) is 0 Å². The zero-order valence-corrected chi connectivity index (χ0v) is 9.80. The Labute approximate surface area is 93.4 Å². The number of hydrogen-bond acceptors (Lipinski definition) is 2. The zero-order valence-electron chi connectivity index (χ0n) is 7.40. The highest BCUT2D eigenvalue weighted by Crippen LogP contribution is 2.55. The van der Waals surface area contributed by atoms with Crippen molar-refractivity contribution in [2.24, 2.45) is 5.73 Å². The Kier molecular flexibility index (Phi) is 2.44. The fourth-order valence-corrected chi connectivity index (χ4v) is 4.01. The molecular weight excluding hydrogens is 272 g/mol. The molecule has 1 fully saturated rings. The Morgan fingerprint density at radius 3 is 2.50 bits per heavy atom. The SMILES string of the molecule is NCC1(c2sccc2Br)CC(F)(F)C1. The molecule has 0 unspecified atom stereocenters. The van der Waals surface area contributed by atoms with Crippen LogP contribution in [0.2, 0.25) is 0 Å². The van der Waals surface area contributed by atoms with E-state index >= 15 is 0 Å². The molecule has 2 rings (SSSR count). The van der Waals surface area contributed by atoms with Crippen LogP contribution >= 0.6 is 27.3 Å². The standard InChI is InChI=1S/C9H10BrF2NS/c10-6-1-2-14-7(6)8(5-13)3-9(11,12)4-8/h1-2H,3-5,13H2. The molecule has 0 bridgehead atoms. The lowest BCUT2D eigenvalue weighted by molar-refractivity contribution is -0.122. The summed E-state index contributed by atoms with van der Waals surface area (Å²) in [6.45, 7) is 0.293. The molecule has 1 aliphatic carbocycles. The molecule has 0 atom stereocenters. The molecule has 0 amide bonds. The van der Waals surface area contributed by atoms with Crippen LogP contribution in [-0.2, 0) is 5.41 Å². The van der Waals surface area contributed by atoms with Crippen LogP contribution in [0.3, 0.4) is 0 Å².